The fourth-order valence-corrected chi connectivity index (χ4v) is 4.56. The maximum absolute atomic E-state index is 12.7. The van der Waals surface area contributed by atoms with Gasteiger partial charge in [-0.2, -0.15) is 0 Å². The molecule has 0 unspecified atom stereocenters. The Hall–Kier alpha value is -1.95. The van der Waals surface area contributed by atoms with Gasteiger partial charge in [0.05, 0.1) is 25.5 Å². The minimum absolute atomic E-state index is 0.212. The van der Waals surface area contributed by atoms with Crippen molar-refractivity contribution >= 4 is 28.6 Å². The predicted molar refractivity (Wildman–Crippen MR) is 110 cm³/mol. The second-order valence-corrected chi connectivity index (χ2v) is 7.89. The number of fused-ring (bicyclic) bond motifs is 1. The largest absolute Gasteiger partial charge is 0.493 e. The smallest absolute Gasteiger partial charge is 0.233 e. The van der Waals surface area contributed by atoms with Crippen LogP contribution in [-0.4, -0.2) is 48.4 Å². The number of piperidine rings is 1. The number of nitrogens with zero attached hydrogens (tertiary/aromatic N) is 2. The van der Waals surface area contributed by atoms with Crippen LogP contribution in [0.2, 0.25) is 0 Å². The third-order valence-electron chi connectivity index (χ3n) is 5.20. The van der Waals surface area contributed by atoms with Crippen LogP contribution in [0.3, 0.4) is 0 Å². The Balaban J connectivity index is 1.83. The highest BCUT2D eigenvalue weighted by molar-refractivity contribution is 7.99. The van der Waals surface area contributed by atoms with Gasteiger partial charge in [0.1, 0.15) is 5.03 Å². The van der Waals surface area contributed by atoms with E-state index in [9.17, 15) is 4.79 Å². The number of aromatic nitrogens is 1. The highest BCUT2D eigenvalue weighted by atomic mass is 32.2. The number of hydrogen-bond donors (Lipinski definition) is 0. The zero-order valence-electron chi connectivity index (χ0n) is 16.6. The minimum Gasteiger partial charge on any atom is -0.493 e. The number of aryl methyl sites for hydroxylation is 1. The second kappa shape index (κ2) is 8.83. The Morgan fingerprint density at radius 2 is 1.96 bits per heavy atom. The number of ether oxygens (including phenoxy) is 2. The van der Waals surface area contributed by atoms with Crippen molar-refractivity contribution in [1.29, 1.82) is 0 Å². The van der Waals surface area contributed by atoms with Crippen LogP contribution in [0.4, 0.5) is 0 Å². The van der Waals surface area contributed by atoms with Gasteiger partial charge >= 0.3 is 0 Å². The molecular weight excluding hydrogens is 360 g/mol. The van der Waals surface area contributed by atoms with E-state index >= 15 is 0 Å². The van der Waals surface area contributed by atoms with Gasteiger partial charge in [0.25, 0.3) is 0 Å². The first-order chi connectivity index (χ1) is 13.1. The molecule has 0 spiro atoms. The molecule has 1 aliphatic heterocycles. The summed E-state index contributed by atoms with van der Waals surface area (Å²) < 4.78 is 10.8. The molecule has 0 bridgehead atoms. The highest BCUT2D eigenvalue weighted by Gasteiger charge is 2.23. The predicted octanol–water partition coefficient (Wildman–Crippen LogP) is 4.31. The van der Waals surface area contributed by atoms with Crippen molar-refractivity contribution in [2.75, 3.05) is 26.5 Å². The first kappa shape index (κ1) is 19.8. The van der Waals surface area contributed by atoms with Gasteiger partial charge in [-0.15, -0.1) is 0 Å². The Bertz CT molecular complexity index is 825. The van der Waals surface area contributed by atoms with Crippen molar-refractivity contribution in [1.82, 2.24) is 9.88 Å². The molecule has 1 saturated heterocycles. The summed E-state index contributed by atoms with van der Waals surface area (Å²) in [6, 6.07) is 6.33. The molecule has 5 nitrogen and oxygen atoms in total. The number of carbonyl (C=O) groups is 1. The summed E-state index contributed by atoms with van der Waals surface area (Å²) in [6.45, 7) is 5.14. The molecule has 0 saturated carbocycles. The Morgan fingerprint density at radius 1 is 1.22 bits per heavy atom. The van der Waals surface area contributed by atoms with Crippen molar-refractivity contribution in [3.05, 3.63) is 23.8 Å². The molecule has 0 radical (unpaired) electrons. The van der Waals surface area contributed by atoms with Crippen LogP contribution < -0.4 is 9.47 Å². The van der Waals surface area contributed by atoms with Crippen LogP contribution in [0.15, 0.2) is 23.2 Å². The first-order valence-electron chi connectivity index (χ1n) is 9.55. The summed E-state index contributed by atoms with van der Waals surface area (Å²) in [5.74, 6) is 2.01. The number of likely N-dealkylation sites (tertiary alicyclic amines) is 1. The van der Waals surface area contributed by atoms with Crippen LogP contribution in [-0.2, 0) is 11.2 Å². The van der Waals surface area contributed by atoms with Crippen molar-refractivity contribution in [3.63, 3.8) is 0 Å². The summed E-state index contributed by atoms with van der Waals surface area (Å²) >= 11 is 1.54. The van der Waals surface area contributed by atoms with Gasteiger partial charge in [-0.3, -0.25) is 4.79 Å². The van der Waals surface area contributed by atoms with Crippen LogP contribution >= 0.6 is 11.8 Å². The molecule has 2 aromatic rings. The number of amides is 1. The number of hydrogen-bond acceptors (Lipinski definition) is 5. The zero-order valence-corrected chi connectivity index (χ0v) is 17.4. The zero-order chi connectivity index (χ0) is 19.4. The molecule has 1 fully saturated rings. The lowest BCUT2D eigenvalue weighted by molar-refractivity contribution is -0.131. The van der Waals surface area contributed by atoms with E-state index in [2.05, 4.69) is 19.9 Å². The molecule has 146 valence electrons. The quantitative estimate of drug-likeness (QED) is 0.690. The SMILES string of the molecule is CCc1cc2cc(OC)c(OC)cc2nc1SCC(=O)N1CCCC[C@@H]1C. The topological polar surface area (TPSA) is 51.7 Å². The number of rotatable bonds is 6. The molecule has 2 heterocycles. The number of benzene rings is 1. The van der Waals surface area contributed by atoms with Gasteiger partial charge in [0.15, 0.2) is 11.5 Å². The molecule has 3 rings (SSSR count). The molecule has 0 N–H and O–H groups in total. The van der Waals surface area contributed by atoms with Gasteiger partial charge in [0.2, 0.25) is 5.91 Å². The molecule has 6 heteroatoms. The van der Waals surface area contributed by atoms with Crippen molar-refractivity contribution in [3.8, 4) is 11.5 Å². The van der Waals surface area contributed by atoms with E-state index in [0.29, 0.717) is 23.3 Å². The van der Waals surface area contributed by atoms with Crippen molar-refractivity contribution in [2.24, 2.45) is 0 Å². The molecule has 1 atom stereocenters. The standard InChI is InChI=1S/C21H28N2O3S/c1-5-15-10-16-11-18(25-3)19(26-4)12-17(16)22-21(15)27-13-20(24)23-9-7-6-8-14(23)2/h10-12,14H,5-9,13H2,1-4H3/t14-/m0/s1. The minimum atomic E-state index is 0.212. The number of carbonyl (C=O) groups excluding carboxylic acids is 1. The van der Waals surface area contributed by atoms with Gasteiger partial charge < -0.3 is 14.4 Å². The maximum Gasteiger partial charge on any atom is 0.233 e. The average molecular weight is 389 g/mol. The van der Waals surface area contributed by atoms with Gasteiger partial charge in [0, 0.05) is 24.0 Å². The monoisotopic (exact) mass is 388 g/mol. The molecule has 1 aliphatic rings. The van der Waals surface area contributed by atoms with E-state index in [-0.39, 0.29) is 5.91 Å². The van der Waals surface area contributed by atoms with E-state index < -0.39 is 0 Å². The highest BCUT2D eigenvalue weighted by Crippen LogP contribution is 2.34. The summed E-state index contributed by atoms with van der Waals surface area (Å²) in [4.78, 5) is 19.5. The van der Waals surface area contributed by atoms with E-state index in [0.717, 1.165) is 47.3 Å². The summed E-state index contributed by atoms with van der Waals surface area (Å²) in [5.41, 5.74) is 2.00. The lowest BCUT2D eigenvalue weighted by Crippen LogP contribution is -2.42. The molecule has 1 amide bonds. The van der Waals surface area contributed by atoms with Gasteiger partial charge in [-0.05, 0) is 50.3 Å². The van der Waals surface area contributed by atoms with Crippen LogP contribution in [0.25, 0.3) is 10.9 Å². The van der Waals surface area contributed by atoms with Crippen LogP contribution in [0.5, 0.6) is 11.5 Å². The van der Waals surface area contributed by atoms with Crippen molar-refractivity contribution in [2.45, 2.75) is 50.6 Å². The Labute approximate surface area is 165 Å². The van der Waals surface area contributed by atoms with E-state index in [1.54, 1.807) is 14.2 Å². The van der Waals surface area contributed by atoms with E-state index in [1.807, 2.05) is 17.0 Å². The third-order valence-corrected chi connectivity index (χ3v) is 6.21. The van der Waals surface area contributed by atoms with Crippen LogP contribution in [0, 0.1) is 0 Å². The summed E-state index contributed by atoms with van der Waals surface area (Å²) in [6.07, 6.45) is 4.30. The normalized spacial score (nSPS) is 17.2. The van der Waals surface area contributed by atoms with Gasteiger partial charge in [-0.25, -0.2) is 4.98 Å². The molecule has 1 aromatic carbocycles. The number of methoxy groups -OCH3 is 2. The fourth-order valence-electron chi connectivity index (χ4n) is 3.59. The maximum atomic E-state index is 12.7. The average Bonchev–Trinajstić information content (AvgIpc) is 2.70. The molecular formula is C21H28N2O3S. The summed E-state index contributed by atoms with van der Waals surface area (Å²) in [7, 11) is 3.26. The van der Waals surface area contributed by atoms with E-state index in [4.69, 9.17) is 14.5 Å². The molecule has 27 heavy (non-hydrogen) atoms. The second-order valence-electron chi connectivity index (χ2n) is 6.93. The first-order valence-corrected chi connectivity index (χ1v) is 10.5. The third kappa shape index (κ3) is 4.32. The molecule has 0 aliphatic carbocycles. The lowest BCUT2D eigenvalue weighted by Gasteiger charge is -2.33. The Morgan fingerprint density at radius 3 is 2.63 bits per heavy atom. The van der Waals surface area contributed by atoms with Crippen molar-refractivity contribution < 1.29 is 14.3 Å². The number of thioether (sulfide) groups is 1. The fraction of sp³-hybridized carbons (Fsp3) is 0.524. The lowest BCUT2D eigenvalue weighted by atomic mass is 10.0. The van der Waals surface area contributed by atoms with Crippen LogP contribution in [0.1, 0.15) is 38.7 Å². The summed E-state index contributed by atoms with van der Waals surface area (Å²) in [5, 5.41) is 1.94. The number of pyridine rings is 1. The van der Waals surface area contributed by atoms with Gasteiger partial charge in [-0.1, -0.05) is 18.7 Å². The molecule has 1 aromatic heterocycles. The van der Waals surface area contributed by atoms with E-state index in [1.165, 1.54) is 18.2 Å². The Kier molecular flexibility index (Phi) is 6.47.